The lowest BCUT2D eigenvalue weighted by molar-refractivity contribution is -0.164. The van der Waals surface area contributed by atoms with Crippen LogP contribution in [-0.4, -0.2) is 29.8 Å². The van der Waals surface area contributed by atoms with Crippen LogP contribution in [0.2, 0.25) is 0 Å². The summed E-state index contributed by atoms with van der Waals surface area (Å²) in [4.78, 5) is 11.1. The van der Waals surface area contributed by atoms with Crippen molar-refractivity contribution in [2.45, 2.75) is 19.8 Å². The van der Waals surface area contributed by atoms with Crippen LogP contribution in [0.5, 0.6) is 5.75 Å². The summed E-state index contributed by atoms with van der Waals surface area (Å²) in [6.07, 6.45) is 0.950. The van der Waals surface area contributed by atoms with Crippen LogP contribution in [0.1, 0.15) is 18.9 Å². The molecular weight excluding hydrogens is 206 g/mol. The van der Waals surface area contributed by atoms with Crippen molar-refractivity contribution in [3.05, 3.63) is 29.8 Å². The van der Waals surface area contributed by atoms with Crippen LogP contribution < -0.4 is 4.74 Å². The van der Waals surface area contributed by atoms with Gasteiger partial charge in [0, 0.05) is 6.42 Å². The molecule has 0 unspecified atom stereocenters. The zero-order valence-electron chi connectivity index (χ0n) is 9.64. The molecule has 88 valence electrons. The van der Waals surface area contributed by atoms with Crippen LogP contribution in [-0.2, 0) is 11.2 Å². The van der Waals surface area contributed by atoms with Crippen molar-refractivity contribution in [3.63, 3.8) is 0 Å². The standard InChI is InChI=1S/C12H17NO3/c1-3-12(14)13(15)9-8-10-4-6-11(16-2)7-5-10/h4-7,15H,3,8-9H2,1-2H3. The highest BCUT2D eigenvalue weighted by molar-refractivity contribution is 5.74. The Morgan fingerprint density at radius 2 is 2.00 bits per heavy atom. The van der Waals surface area contributed by atoms with Crippen molar-refractivity contribution in [2.24, 2.45) is 0 Å². The number of amides is 1. The minimum atomic E-state index is -0.256. The summed E-state index contributed by atoms with van der Waals surface area (Å²) in [6, 6.07) is 7.56. The van der Waals surface area contributed by atoms with E-state index >= 15 is 0 Å². The van der Waals surface area contributed by atoms with Gasteiger partial charge in [0.1, 0.15) is 5.75 Å². The Morgan fingerprint density at radius 1 is 1.38 bits per heavy atom. The molecule has 0 bridgehead atoms. The quantitative estimate of drug-likeness (QED) is 0.612. The summed E-state index contributed by atoms with van der Waals surface area (Å²) in [7, 11) is 1.62. The molecule has 1 aromatic rings. The molecule has 0 spiro atoms. The van der Waals surface area contributed by atoms with Crippen molar-refractivity contribution in [3.8, 4) is 5.75 Å². The van der Waals surface area contributed by atoms with E-state index < -0.39 is 0 Å². The van der Waals surface area contributed by atoms with Crippen LogP contribution in [0.4, 0.5) is 0 Å². The predicted octanol–water partition coefficient (Wildman–Crippen LogP) is 1.87. The normalized spacial score (nSPS) is 9.94. The lowest BCUT2D eigenvalue weighted by Crippen LogP contribution is -2.28. The minimum Gasteiger partial charge on any atom is -0.497 e. The monoisotopic (exact) mass is 223 g/mol. The molecule has 1 rings (SSSR count). The molecule has 1 aromatic carbocycles. The van der Waals surface area contributed by atoms with Gasteiger partial charge in [-0.25, -0.2) is 5.06 Å². The second-order valence-corrected chi connectivity index (χ2v) is 3.47. The van der Waals surface area contributed by atoms with Gasteiger partial charge in [0.15, 0.2) is 0 Å². The average Bonchev–Trinajstić information content (AvgIpc) is 2.35. The van der Waals surface area contributed by atoms with Gasteiger partial charge in [0.05, 0.1) is 13.7 Å². The number of methoxy groups -OCH3 is 1. The van der Waals surface area contributed by atoms with Gasteiger partial charge in [-0.1, -0.05) is 19.1 Å². The SMILES string of the molecule is CCC(=O)N(O)CCc1ccc(OC)cc1. The number of benzene rings is 1. The van der Waals surface area contributed by atoms with Gasteiger partial charge in [0.2, 0.25) is 5.91 Å². The lowest BCUT2D eigenvalue weighted by atomic mass is 10.1. The summed E-state index contributed by atoms with van der Waals surface area (Å²) in [5.74, 6) is 0.544. The van der Waals surface area contributed by atoms with Crippen LogP contribution in [0.3, 0.4) is 0 Å². The topological polar surface area (TPSA) is 49.8 Å². The molecule has 1 N–H and O–H groups in total. The van der Waals surface area contributed by atoms with Crippen LogP contribution in [0.25, 0.3) is 0 Å². The van der Waals surface area contributed by atoms with Gasteiger partial charge in [-0.3, -0.25) is 10.0 Å². The number of hydrogen-bond donors (Lipinski definition) is 1. The second-order valence-electron chi connectivity index (χ2n) is 3.47. The summed E-state index contributed by atoms with van der Waals surface area (Å²) >= 11 is 0. The number of ether oxygens (including phenoxy) is 1. The largest absolute Gasteiger partial charge is 0.497 e. The molecule has 0 aliphatic rings. The summed E-state index contributed by atoms with van der Waals surface area (Å²) in [6.45, 7) is 2.04. The lowest BCUT2D eigenvalue weighted by Gasteiger charge is -2.13. The highest BCUT2D eigenvalue weighted by atomic mass is 16.5. The van der Waals surface area contributed by atoms with E-state index in [-0.39, 0.29) is 5.91 Å². The Hall–Kier alpha value is -1.55. The number of hydrogen-bond acceptors (Lipinski definition) is 3. The van der Waals surface area contributed by atoms with Crippen molar-refractivity contribution in [1.82, 2.24) is 5.06 Å². The average molecular weight is 223 g/mol. The third-order valence-electron chi connectivity index (χ3n) is 2.36. The van der Waals surface area contributed by atoms with Crippen molar-refractivity contribution in [2.75, 3.05) is 13.7 Å². The van der Waals surface area contributed by atoms with Gasteiger partial charge in [0.25, 0.3) is 0 Å². The van der Waals surface area contributed by atoms with Gasteiger partial charge in [-0.2, -0.15) is 0 Å². The maximum absolute atomic E-state index is 11.1. The zero-order valence-corrected chi connectivity index (χ0v) is 9.64. The maximum atomic E-state index is 11.1. The van der Waals surface area contributed by atoms with E-state index in [9.17, 15) is 10.0 Å². The Labute approximate surface area is 95.4 Å². The number of hydroxylamine groups is 2. The molecule has 0 aliphatic heterocycles. The van der Waals surface area contributed by atoms with Crippen LogP contribution in [0.15, 0.2) is 24.3 Å². The smallest absolute Gasteiger partial charge is 0.245 e. The van der Waals surface area contributed by atoms with E-state index in [0.717, 1.165) is 16.4 Å². The first kappa shape index (κ1) is 12.5. The minimum absolute atomic E-state index is 0.256. The summed E-state index contributed by atoms with van der Waals surface area (Å²) < 4.78 is 5.04. The van der Waals surface area contributed by atoms with Gasteiger partial charge < -0.3 is 4.74 Å². The van der Waals surface area contributed by atoms with Crippen LogP contribution in [0, 0.1) is 0 Å². The third-order valence-corrected chi connectivity index (χ3v) is 2.36. The first-order valence-electron chi connectivity index (χ1n) is 5.29. The fourth-order valence-electron chi connectivity index (χ4n) is 1.33. The highest BCUT2D eigenvalue weighted by Crippen LogP contribution is 2.11. The summed E-state index contributed by atoms with van der Waals surface area (Å²) in [5.41, 5.74) is 1.06. The fourth-order valence-corrected chi connectivity index (χ4v) is 1.33. The van der Waals surface area contributed by atoms with Crippen molar-refractivity contribution in [1.29, 1.82) is 0 Å². The molecule has 1 amide bonds. The molecule has 0 fully saturated rings. The summed E-state index contributed by atoms with van der Waals surface area (Å²) in [5, 5.41) is 10.1. The Morgan fingerprint density at radius 3 is 2.50 bits per heavy atom. The second kappa shape index (κ2) is 6.12. The van der Waals surface area contributed by atoms with Crippen molar-refractivity contribution < 1.29 is 14.7 Å². The number of carbonyl (C=O) groups excluding carboxylic acids is 1. The Balaban J connectivity index is 2.45. The molecule has 16 heavy (non-hydrogen) atoms. The molecule has 0 aliphatic carbocycles. The first-order chi connectivity index (χ1) is 7.67. The third kappa shape index (κ3) is 3.55. The predicted molar refractivity (Wildman–Crippen MR) is 60.5 cm³/mol. The molecule has 0 heterocycles. The van der Waals surface area contributed by atoms with E-state index in [0.29, 0.717) is 19.4 Å². The van der Waals surface area contributed by atoms with Gasteiger partial charge in [-0.15, -0.1) is 0 Å². The number of rotatable bonds is 5. The molecular formula is C12H17NO3. The van der Waals surface area contributed by atoms with E-state index in [1.807, 2.05) is 24.3 Å². The van der Waals surface area contributed by atoms with E-state index in [2.05, 4.69) is 0 Å². The fraction of sp³-hybridized carbons (Fsp3) is 0.417. The van der Waals surface area contributed by atoms with E-state index in [4.69, 9.17) is 4.74 Å². The Bertz CT molecular complexity index is 335. The first-order valence-corrected chi connectivity index (χ1v) is 5.29. The van der Waals surface area contributed by atoms with E-state index in [1.165, 1.54) is 0 Å². The highest BCUT2D eigenvalue weighted by Gasteiger charge is 2.07. The van der Waals surface area contributed by atoms with Gasteiger partial charge in [-0.05, 0) is 24.1 Å². The molecule has 4 heteroatoms. The zero-order chi connectivity index (χ0) is 12.0. The number of nitrogens with zero attached hydrogens (tertiary/aromatic N) is 1. The van der Waals surface area contributed by atoms with Gasteiger partial charge >= 0.3 is 0 Å². The molecule has 4 nitrogen and oxygen atoms in total. The molecule has 0 aromatic heterocycles. The molecule has 0 saturated carbocycles. The van der Waals surface area contributed by atoms with Crippen LogP contribution >= 0.6 is 0 Å². The molecule has 0 saturated heterocycles. The maximum Gasteiger partial charge on any atom is 0.245 e. The van der Waals surface area contributed by atoms with Crippen molar-refractivity contribution >= 4 is 5.91 Å². The van der Waals surface area contributed by atoms with E-state index in [1.54, 1.807) is 14.0 Å². The Kier molecular flexibility index (Phi) is 4.79. The molecule has 0 atom stereocenters. The number of carbonyl (C=O) groups is 1. The molecule has 0 radical (unpaired) electrons.